The number of carbonyl (C=O) groups is 4. The van der Waals surface area contributed by atoms with Gasteiger partial charge in [-0.1, -0.05) is 35.7 Å². The summed E-state index contributed by atoms with van der Waals surface area (Å²) in [5.41, 5.74) is 1.30. The minimum Gasteiger partial charge on any atom is -0.322 e. The molecule has 0 unspecified atom stereocenters. The van der Waals surface area contributed by atoms with E-state index in [0.29, 0.717) is 11.4 Å². The molecule has 1 heterocycles. The van der Waals surface area contributed by atoms with Gasteiger partial charge in [-0.05, 0) is 103 Å². The van der Waals surface area contributed by atoms with Gasteiger partial charge < -0.3 is 10.6 Å². The van der Waals surface area contributed by atoms with Crippen LogP contribution in [0.3, 0.4) is 0 Å². The highest BCUT2D eigenvalue weighted by atomic mass is 32.2. The molecule has 7 rings (SSSR count). The number of non-ortho nitro benzene ring substituents is 2. The summed E-state index contributed by atoms with van der Waals surface area (Å²) in [5.74, 6) is -2.38. The number of imide groups is 1. The predicted molar refractivity (Wildman–Crippen MR) is 207 cm³/mol. The van der Waals surface area contributed by atoms with Gasteiger partial charge in [-0.3, -0.25) is 39.4 Å². The molecule has 13 nitrogen and oxygen atoms in total. The molecule has 0 saturated carbocycles. The summed E-state index contributed by atoms with van der Waals surface area (Å²) in [4.78, 5) is 79.3. The van der Waals surface area contributed by atoms with Crippen molar-refractivity contribution in [3.63, 3.8) is 0 Å². The molecule has 1 aliphatic rings. The monoisotopic (exact) mass is 767 g/mol. The maximum atomic E-state index is 13.7. The lowest BCUT2D eigenvalue weighted by molar-refractivity contribution is -0.385. The number of nitro benzene ring substituents is 2. The second kappa shape index (κ2) is 15.5. The van der Waals surface area contributed by atoms with Gasteiger partial charge in [0.25, 0.3) is 35.0 Å². The Bertz CT molecular complexity index is 2340. The first-order chi connectivity index (χ1) is 26.5. The first-order valence-corrected chi connectivity index (χ1v) is 18.0. The van der Waals surface area contributed by atoms with Gasteiger partial charge in [0.05, 0.1) is 26.7 Å². The predicted octanol–water partition coefficient (Wildman–Crippen LogP) is 9.11. The summed E-state index contributed by atoms with van der Waals surface area (Å²) in [7, 11) is 0. The Hall–Kier alpha value is -7.10. The van der Waals surface area contributed by atoms with Gasteiger partial charge >= 0.3 is 0 Å². The van der Waals surface area contributed by atoms with Crippen LogP contribution in [0.2, 0.25) is 0 Å². The summed E-state index contributed by atoms with van der Waals surface area (Å²) in [6.07, 6.45) is 0. The van der Waals surface area contributed by atoms with Gasteiger partial charge in [-0.25, -0.2) is 4.90 Å². The highest BCUT2D eigenvalue weighted by Gasteiger charge is 2.37. The largest absolute Gasteiger partial charge is 0.322 e. The molecule has 6 aromatic carbocycles. The van der Waals surface area contributed by atoms with Crippen molar-refractivity contribution in [3.05, 3.63) is 182 Å². The van der Waals surface area contributed by atoms with Crippen molar-refractivity contribution < 1.29 is 29.0 Å². The fourth-order valence-corrected chi connectivity index (χ4v) is 7.22. The minimum absolute atomic E-state index is 0.0123. The molecule has 6 aromatic rings. The van der Waals surface area contributed by atoms with Crippen molar-refractivity contribution >= 4 is 75.6 Å². The number of amides is 4. The second-order valence-electron chi connectivity index (χ2n) is 11.9. The van der Waals surface area contributed by atoms with E-state index in [0.717, 1.165) is 24.5 Å². The first kappa shape index (κ1) is 36.3. The van der Waals surface area contributed by atoms with E-state index < -0.39 is 33.5 Å². The number of hydrogen-bond acceptors (Lipinski definition) is 10. The van der Waals surface area contributed by atoms with Crippen LogP contribution in [-0.2, 0) is 0 Å². The minimum atomic E-state index is -0.601. The normalized spacial score (nSPS) is 11.9. The molecule has 0 saturated heterocycles. The molecule has 15 heteroatoms. The molecule has 2 N–H and O–H groups in total. The zero-order valence-corrected chi connectivity index (χ0v) is 29.8. The third-order valence-corrected chi connectivity index (χ3v) is 10.3. The van der Waals surface area contributed by atoms with Crippen molar-refractivity contribution in [2.24, 2.45) is 0 Å². The average Bonchev–Trinajstić information content (AvgIpc) is 3.45. The van der Waals surface area contributed by atoms with E-state index in [1.165, 1.54) is 78.1 Å². The Kier molecular flexibility index (Phi) is 10.2. The summed E-state index contributed by atoms with van der Waals surface area (Å²) in [5, 5.41) is 27.5. The molecule has 0 fully saturated rings. The van der Waals surface area contributed by atoms with Crippen molar-refractivity contribution in [1.29, 1.82) is 0 Å². The maximum absolute atomic E-state index is 13.7. The van der Waals surface area contributed by atoms with E-state index >= 15 is 0 Å². The standard InChI is InChI=1S/C40H25N5O8S2/c46-37(41-26-5-13-31(14-6-26)54-33-17-9-28(10-18-33)44(50)51)24-21-25(23-30(22-24)43-39(48)35-3-1-2-4-36(35)40(43)49)38(47)42-27-7-15-32(16-8-27)55-34-19-11-29(12-20-34)45(52)53/h1-23H,(H,41,46)(H,42,47). The lowest BCUT2D eigenvalue weighted by Crippen LogP contribution is -2.30. The molecular weight excluding hydrogens is 743 g/mol. The highest BCUT2D eigenvalue weighted by Crippen LogP contribution is 2.33. The molecule has 0 bridgehead atoms. The molecule has 0 atom stereocenters. The van der Waals surface area contributed by atoms with Crippen LogP contribution in [0, 0.1) is 20.2 Å². The van der Waals surface area contributed by atoms with Crippen LogP contribution >= 0.6 is 23.5 Å². The Morgan fingerprint density at radius 2 is 0.855 bits per heavy atom. The first-order valence-electron chi connectivity index (χ1n) is 16.3. The highest BCUT2D eigenvalue weighted by molar-refractivity contribution is 7.99. The van der Waals surface area contributed by atoms with Crippen molar-refractivity contribution in [1.82, 2.24) is 0 Å². The van der Waals surface area contributed by atoms with E-state index in [1.807, 2.05) is 0 Å². The molecule has 1 aliphatic heterocycles. The number of nitrogens with one attached hydrogen (secondary N) is 2. The number of fused-ring (bicyclic) bond motifs is 1. The zero-order valence-electron chi connectivity index (χ0n) is 28.2. The zero-order chi connectivity index (χ0) is 38.6. The quantitative estimate of drug-likeness (QED) is 0.0733. The van der Waals surface area contributed by atoms with Crippen LogP contribution in [0.25, 0.3) is 0 Å². The molecule has 0 radical (unpaired) electrons. The number of rotatable bonds is 11. The average molecular weight is 768 g/mol. The van der Waals surface area contributed by atoms with E-state index in [4.69, 9.17) is 0 Å². The molecule has 55 heavy (non-hydrogen) atoms. The summed E-state index contributed by atoms with van der Waals surface area (Å²) in [6.45, 7) is 0. The van der Waals surface area contributed by atoms with Gasteiger partial charge in [0.15, 0.2) is 0 Å². The van der Waals surface area contributed by atoms with E-state index in [9.17, 15) is 39.4 Å². The smallest absolute Gasteiger partial charge is 0.269 e. The number of anilines is 3. The fraction of sp³-hybridized carbons (Fsp3) is 0. The summed E-state index contributed by atoms with van der Waals surface area (Å²) in [6, 6.07) is 36.5. The van der Waals surface area contributed by atoms with Crippen LogP contribution in [-0.4, -0.2) is 33.5 Å². The Labute approximate surface area is 320 Å². The number of nitrogens with zero attached hydrogens (tertiary/aromatic N) is 3. The number of benzene rings is 6. The van der Waals surface area contributed by atoms with Crippen molar-refractivity contribution in [2.45, 2.75) is 19.6 Å². The molecule has 270 valence electrons. The maximum Gasteiger partial charge on any atom is 0.269 e. The van der Waals surface area contributed by atoms with Gasteiger partial charge in [0.2, 0.25) is 0 Å². The van der Waals surface area contributed by atoms with Crippen LogP contribution < -0.4 is 15.5 Å². The van der Waals surface area contributed by atoms with E-state index in [-0.39, 0.29) is 39.3 Å². The van der Waals surface area contributed by atoms with E-state index in [2.05, 4.69) is 10.6 Å². The van der Waals surface area contributed by atoms with Crippen molar-refractivity contribution in [2.75, 3.05) is 15.5 Å². The molecule has 0 aliphatic carbocycles. The molecule has 0 aromatic heterocycles. The fourth-order valence-electron chi connectivity index (χ4n) is 5.59. The van der Waals surface area contributed by atoms with Gasteiger partial charge in [0, 0.05) is 66.3 Å². The third-order valence-electron chi connectivity index (χ3n) is 8.29. The van der Waals surface area contributed by atoms with E-state index in [1.54, 1.807) is 84.9 Å². The Morgan fingerprint density at radius 3 is 1.20 bits per heavy atom. The number of carbonyl (C=O) groups excluding carboxylic acids is 4. The molecule has 4 amide bonds. The van der Waals surface area contributed by atoms with Crippen LogP contribution in [0.4, 0.5) is 28.4 Å². The van der Waals surface area contributed by atoms with Crippen molar-refractivity contribution in [3.8, 4) is 0 Å². The summed E-state index contributed by atoms with van der Waals surface area (Å²) >= 11 is 2.76. The SMILES string of the molecule is O=C(Nc1ccc(Sc2ccc([N+](=O)[O-])cc2)cc1)c1cc(C(=O)Nc2ccc(Sc3ccc([N+](=O)[O-])cc3)cc2)cc(N2C(=O)c3ccccc3C2=O)c1. The van der Waals surface area contributed by atoms with Gasteiger partial charge in [-0.15, -0.1) is 0 Å². The van der Waals surface area contributed by atoms with Crippen LogP contribution in [0.15, 0.2) is 159 Å². The third kappa shape index (κ3) is 8.12. The lowest BCUT2D eigenvalue weighted by atomic mass is 10.1. The van der Waals surface area contributed by atoms with Crippen LogP contribution in [0.5, 0.6) is 0 Å². The topological polar surface area (TPSA) is 182 Å². The second-order valence-corrected chi connectivity index (χ2v) is 14.2. The Morgan fingerprint density at radius 1 is 0.509 bits per heavy atom. The van der Waals surface area contributed by atoms with Gasteiger partial charge in [0.1, 0.15) is 0 Å². The number of nitro groups is 2. The van der Waals surface area contributed by atoms with Gasteiger partial charge in [-0.2, -0.15) is 0 Å². The lowest BCUT2D eigenvalue weighted by Gasteiger charge is -2.17. The Balaban J connectivity index is 1.11. The molecular formula is C40H25N5O8S2. The number of hydrogen-bond donors (Lipinski definition) is 2. The summed E-state index contributed by atoms with van der Waals surface area (Å²) < 4.78 is 0. The van der Waals surface area contributed by atoms with Crippen LogP contribution in [0.1, 0.15) is 41.4 Å². The molecule has 0 spiro atoms.